The first kappa shape index (κ1) is 19.4. The van der Waals surface area contributed by atoms with E-state index in [1.807, 2.05) is 39.8 Å². The van der Waals surface area contributed by atoms with Gasteiger partial charge in [-0.3, -0.25) is 0 Å². The molecule has 6 heteroatoms. The number of nitrogens with zero attached hydrogens (tertiary/aromatic N) is 2. The van der Waals surface area contributed by atoms with Crippen LogP contribution in [0, 0.1) is 0 Å². The third-order valence-corrected chi connectivity index (χ3v) is 5.40. The second kappa shape index (κ2) is 7.52. The lowest BCUT2D eigenvalue weighted by molar-refractivity contribution is 0.460. The molecular weight excluding hydrogens is 336 g/mol. The van der Waals surface area contributed by atoms with Crippen LogP contribution in [0.3, 0.4) is 0 Å². The van der Waals surface area contributed by atoms with Gasteiger partial charge in [0, 0.05) is 12.4 Å². The van der Waals surface area contributed by atoms with E-state index < -0.39 is 10.1 Å². The Morgan fingerprint density at radius 2 is 1.32 bits per heavy atom. The molecule has 0 bridgehead atoms. The summed E-state index contributed by atoms with van der Waals surface area (Å²) in [6.45, 7) is 12.2. The Morgan fingerprint density at radius 3 is 1.72 bits per heavy atom. The molecule has 0 fully saturated rings. The number of rotatable bonds is 6. The summed E-state index contributed by atoms with van der Waals surface area (Å²) in [5, 5.41) is 0. The van der Waals surface area contributed by atoms with Crippen molar-refractivity contribution in [1.82, 2.24) is 9.97 Å². The summed E-state index contributed by atoms with van der Waals surface area (Å²) < 4.78 is 31.3. The number of benzene rings is 1. The van der Waals surface area contributed by atoms with Crippen molar-refractivity contribution in [2.45, 2.75) is 64.2 Å². The predicted octanol–water partition coefficient (Wildman–Crippen LogP) is 4.61. The third-order valence-electron chi connectivity index (χ3n) is 4.06. The molecule has 136 valence electrons. The fourth-order valence-corrected chi connectivity index (χ4v) is 4.18. The molecule has 0 unspecified atom stereocenters. The zero-order valence-electron chi connectivity index (χ0n) is 15.6. The molecule has 0 aliphatic carbocycles. The second-order valence-electron chi connectivity index (χ2n) is 7.06. The molecule has 0 atom stereocenters. The molecular formula is C19H26N2O3S. The van der Waals surface area contributed by atoms with Crippen molar-refractivity contribution >= 4 is 10.1 Å². The van der Waals surface area contributed by atoms with E-state index in [0.29, 0.717) is 5.92 Å². The van der Waals surface area contributed by atoms with E-state index in [1.54, 1.807) is 6.07 Å². The molecule has 1 aromatic heterocycles. The van der Waals surface area contributed by atoms with Crippen LogP contribution in [0.5, 0.6) is 6.01 Å². The van der Waals surface area contributed by atoms with Crippen LogP contribution in [0.2, 0.25) is 0 Å². The van der Waals surface area contributed by atoms with Gasteiger partial charge in [0.1, 0.15) is 4.90 Å². The third kappa shape index (κ3) is 4.37. The van der Waals surface area contributed by atoms with E-state index in [1.165, 1.54) is 12.4 Å². The average Bonchev–Trinajstić information content (AvgIpc) is 2.53. The van der Waals surface area contributed by atoms with Crippen LogP contribution >= 0.6 is 0 Å². The Balaban J connectivity index is 2.69. The van der Waals surface area contributed by atoms with Gasteiger partial charge in [-0.2, -0.15) is 8.42 Å². The minimum atomic E-state index is -4.03. The summed E-state index contributed by atoms with van der Waals surface area (Å²) >= 11 is 0. The minimum absolute atomic E-state index is 0.0428. The van der Waals surface area contributed by atoms with E-state index in [4.69, 9.17) is 4.18 Å². The van der Waals surface area contributed by atoms with Crippen molar-refractivity contribution in [2.24, 2.45) is 0 Å². The molecule has 0 saturated carbocycles. The molecule has 2 aromatic rings. The molecule has 2 rings (SSSR count). The largest absolute Gasteiger partial charge is 0.342 e. The summed E-state index contributed by atoms with van der Waals surface area (Å²) in [5.74, 6) is 0.396. The number of hydrogen-bond acceptors (Lipinski definition) is 5. The number of hydrogen-bond donors (Lipinski definition) is 0. The Kier molecular flexibility index (Phi) is 5.83. The van der Waals surface area contributed by atoms with Gasteiger partial charge in [-0.1, -0.05) is 53.7 Å². The van der Waals surface area contributed by atoms with Crippen LogP contribution in [-0.4, -0.2) is 18.4 Å². The lowest BCUT2D eigenvalue weighted by Crippen LogP contribution is -2.18. The van der Waals surface area contributed by atoms with Crippen molar-refractivity contribution in [1.29, 1.82) is 0 Å². The van der Waals surface area contributed by atoms with E-state index in [9.17, 15) is 8.42 Å². The minimum Gasteiger partial charge on any atom is -0.339 e. The van der Waals surface area contributed by atoms with Crippen LogP contribution in [0.4, 0.5) is 0 Å². The van der Waals surface area contributed by atoms with Gasteiger partial charge in [0.05, 0.1) is 0 Å². The topological polar surface area (TPSA) is 69.2 Å². The molecule has 0 saturated heterocycles. The molecule has 0 aliphatic heterocycles. The van der Waals surface area contributed by atoms with Crippen LogP contribution in [0.25, 0.3) is 0 Å². The van der Waals surface area contributed by atoms with Crippen LogP contribution in [0.1, 0.15) is 76.0 Å². The zero-order valence-corrected chi connectivity index (χ0v) is 16.5. The zero-order chi connectivity index (χ0) is 18.8. The monoisotopic (exact) mass is 362 g/mol. The van der Waals surface area contributed by atoms with Gasteiger partial charge in [0.2, 0.25) is 0 Å². The predicted molar refractivity (Wildman–Crippen MR) is 98.6 cm³/mol. The molecule has 5 nitrogen and oxygen atoms in total. The SMILES string of the molecule is CC(C)c1cc(C(C)C)c(S(=O)(=O)Oc2ncccn2)c(C(C)C)c1. The summed E-state index contributed by atoms with van der Waals surface area (Å²) in [6.07, 6.45) is 2.90. The standard InChI is InChI=1S/C19H26N2O3S/c1-12(2)15-10-16(13(3)4)18(17(11-15)14(5)6)25(22,23)24-19-20-8-7-9-21-19/h7-14H,1-6H3. The highest BCUT2D eigenvalue weighted by Gasteiger charge is 2.29. The smallest absolute Gasteiger partial charge is 0.339 e. The van der Waals surface area contributed by atoms with Gasteiger partial charge in [-0.15, -0.1) is 0 Å². The summed E-state index contributed by atoms with van der Waals surface area (Å²) in [5.41, 5.74) is 2.67. The average molecular weight is 362 g/mol. The van der Waals surface area contributed by atoms with Gasteiger partial charge in [0.25, 0.3) is 0 Å². The van der Waals surface area contributed by atoms with E-state index in [0.717, 1.165) is 16.7 Å². The molecule has 1 aromatic carbocycles. The highest BCUT2D eigenvalue weighted by molar-refractivity contribution is 7.87. The highest BCUT2D eigenvalue weighted by atomic mass is 32.2. The van der Waals surface area contributed by atoms with Crippen molar-refractivity contribution in [3.05, 3.63) is 47.3 Å². The molecule has 0 N–H and O–H groups in total. The van der Waals surface area contributed by atoms with E-state index in [-0.39, 0.29) is 22.7 Å². The van der Waals surface area contributed by atoms with Crippen molar-refractivity contribution in [2.75, 3.05) is 0 Å². The van der Waals surface area contributed by atoms with Gasteiger partial charge in [-0.25, -0.2) is 9.97 Å². The first-order chi connectivity index (χ1) is 11.6. The van der Waals surface area contributed by atoms with Gasteiger partial charge >= 0.3 is 16.1 Å². The van der Waals surface area contributed by atoms with Crippen molar-refractivity contribution in [3.8, 4) is 6.01 Å². The lowest BCUT2D eigenvalue weighted by atomic mass is 9.89. The quantitative estimate of drug-likeness (QED) is 0.702. The Hall–Kier alpha value is -1.95. The maximum absolute atomic E-state index is 13.0. The molecule has 1 heterocycles. The van der Waals surface area contributed by atoms with Crippen molar-refractivity contribution < 1.29 is 12.6 Å². The molecule has 0 spiro atoms. The molecule has 0 radical (unpaired) electrons. The summed E-state index contributed by atoms with van der Waals surface area (Å²) in [7, 11) is -4.03. The van der Waals surface area contributed by atoms with Gasteiger partial charge in [0.15, 0.2) is 0 Å². The normalized spacial score (nSPS) is 12.2. The lowest BCUT2D eigenvalue weighted by Gasteiger charge is -2.22. The number of aromatic nitrogens is 2. The second-order valence-corrected chi connectivity index (χ2v) is 8.54. The van der Waals surface area contributed by atoms with Gasteiger partial charge < -0.3 is 4.18 Å². The van der Waals surface area contributed by atoms with E-state index in [2.05, 4.69) is 23.8 Å². The summed E-state index contributed by atoms with van der Waals surface area (Å²) in [4.78, 5) is 7.99. The molecule has 25 heavy (non-hydrogen) atoms. The Labute approximate surface area is 150 Å². The highest BCUT2D eigenvalue weighted by Crippen LogP contribution is 2.35. The van der Waals surface area contributed by atoms with Crippen LogP contribution in [0.15, 0.2) is 35.5 Å². The first-order valence-electron chi connectivity index (χ1n) is 8.52. The fraction of sp³-hybridized carbons (Fsp3) is 0.474. The van der Waals surface area contributed by atoms with Crippen LogP contribution < -0.4 is 4.18 Å². The fourth-order valence-electron chi connectivity index (χ4n) is 2.65. The maximum atomic E-state index is 13.0. The Bertz CT molecular complexity index is 800. The Morgan fingerprint density at radius 1 is 0.840 bits per heavy atom. The van der Waals surface area contributed by atoms with E-state index >= 15 is 0 Å². The summed E-state index contributed by atoms with van der Waals surface area (Å²) in [6, 6.07) is 5.39. The van der Waals surface area contributed by atoms with Crippen LogP contribution in [-0.2, 0) is 10.1 Å². The molecule has 0 aliphatic rings. The maximum Gasteiger partial charge on any atom is 0.342 e. The van der Waals surface area contributed by atoms with Crippen molar-refractivity contribution in [3.63, 3.8) is 0 Å². The first-order valence-corrected chi connectivity index (χ1v) is 9.93. The van der Waals surface area contributed by atoms with Gasteiger partial charge in [-0.05, 0) is 40.5 Å². The molecule has 0 amide bonds.